The molecule has 3 heterocycles. The van der Waals surface area contributed by atoms with Crippen molar-refractivity contribution < 1.29 is 5.11 Å². The minimum Gasteiger partial charge on any atom is -0.395 e. The number of hydrogen-bond donors (Lipinski definition) is 3. The lowest BCUT2D eigenvalue weighted by Crippen LogP contribution is -2.44. The van der Waals surface area contributed by atoms with Gasteiger partial charge in [-0.05, 0) is 18.9 Å². The Balaban J connectivity index is 2.07. The van der Waals surface area contributed by atoms with E-state index in [1.54, 1.807) is 11.3 Å². The van der Waals surface area contributed by atoms with Crippen LogP contribution in [0.3, 0.4) is 0 Å². The van der Waals surface area contributed by atoms with Crippen molar-refractivity contribution in [3.63, 3.8) is 0 Å². The molecule has 0 amide bonds. The number of nitrogens with zero attached hydrogens (tertiary/aromatic N) is 3. The van der Waals surface area contributed by atoms with E-state index in [1.165, 1.54) is 10.4 Å². The number of rotatable bonds is 5. The van der Waals surface area contributed by atoms with Crippen LogP contribution in [0.4, 0.5) is 11.8 Å². The standard InChI is InChI=1S/C15H23N5OS/c1-3-11-10(2)22-14-12(11)13(17-6-9-21)18-15(19-14)20-7-4-16-5-8-20/h16,21H,3-9H2,1-2H3,(H,17,18,19). The Bertz CT molecular complexity index is 651. The molecule has 3 rings (SSSR count). The summed E-state index contributed by atoms with van der Waals surface area (Å²) in [5.41, 5.74) is 1.31. The predicted molar refractivity (Wildman–Crippen MR) is 92.2 cm³/mol. The van der Waals surface area contributed by atoms with E-state index in [0.29, 0.717) is 6.54 Å². The Hall–Kier alpha value is -1.44. The summed E-state index contributed by atoms with van der Waals surface area (Å²) < 4.78 is 0. The number of anilines is 2. The minimum atomic E-state index is 0.0963. The molecule has 1 fully saturated rings. The molecule has 1 saturated heterocycles. The van der Waals surface area contributed by atoms with Crippen LogP contribution in [0.5, 0.6) is 0 Å². The van der Waals surface area contributed by atoms with Crippen LogP contribution in [0.2, 0.25) is 0 Å². The third-order valence-corrected chi connectivity index (χ3v) is 5.04. The molecule has 2 aromatic heterocycles. The summed E-state index contributed by atoms with van der Waals surface area (Å²) >= 11 is 1.73. The zero-order valence-electron chi connectivity index (χ0n) is 13.1. The molecule has 0 unspecified atom stereocenters. The molecule has 6 nitrogen and oxygen atoms in total. The van der Waals surface area contributed by atoms with Crippen molar-refractivity contribution in [3.05, 3.63) is 10.4 Å². The summed E-state index contributed by atoms with van der Waals surface area (Å²) in [6.07, 6.45) is 0.968. The molecular formula is C15H23N5OS. The van der Waals surface area contributed by atoms with Crippen LogP contribution in [-0.4, -0.2) is 54.4 Å². The average Bonchev–Trinajstić information content (AvgIpc) is 2.88. The van der Waals surface area contributed by atoms with Gasteiger partial charge in [0.05, 0.1) is 12.0 Å². The topological polar surface area (TPSA) is 73.3 Å². The lowest BCUT2D eigenvalue weighted by molar-refractivity contribution is 0.311. The molecule has 0 atom stereocenters. The fourth-order valence-electron chi connectivity index (χ4n) is 2.89. The number of nitrogens with one attached hydrogen (secondary N) is 2. The largest absolute Gasteiger partial charge is 0.395 e. The molecular weight excluding hydrogens is 298 g/mol. The van der Waals surface area contributed by atoms with Gasteiger partial charge in [-0.1, -0.05) is 6.92 Å². The number of hydrogen-bond acceptors (Lipinski definition) is 7. The van der Waals surface area contributed by atoms with E-state index in [9.17, 15) is 0 Å². The number of fused-ring (bicyclic) bond motifs is 1. The Kier molecular flexibility index (Phi) is 4.75. The number of aryl methyl sites for hydroxylation is 2. The molecule has 120 valence electrons. The van der Waals surface area contributed by atoms with E-state index < -0.39 is 0 Å². The SMILES string of the molecule is CCc1c(C)sc2nc(N3CCNCC3)nc(NCCO)c12. The quantitative estimate of drug-likeness (QED) is 0.773. The van der Waals surface area contributed by atoms with Gasteiger partial charge in [0.2, 0.25) is 5.95 Å². The van der Waals surface area contributed by atoms with Gasteiger partial charge in [0.1, 0.15) is 10.6 Å². The third-order valence-electron chi connectivity index (χ3n) is 4.00. The number of aliphatic hydroxyl groups excluding tert-OH is 1. The zero-order valence-corrected chi connectivity index (χ0v) is 14.0. The Morgan fingerprint density at radius 3 is 2.77 bits per heavy atom. The Morgan fingerprint density at radius 2 is 2.09 bits per heavy atom. The van der Waals surface area contributed by atoms with E-state index >= 15 is 0 Å². The van der Waals surface area contributed by atoms with Gasteiger partial charge in [0.25, 0.3) is 0 Å². The summed E-state index contributed by atoms with van der Waals surface area (Å²) in [4.78, 5) is 14.1. The second-order valence-corrected chi connectivity index (χ2v) is 6.63. The molecule has 2 aromatic rings. The van der Waals surface area contributed by atoms with Crippen molar-refractivity contribution in [2.45, 2.75) is 20.3 Å². The van der Waals surface area contributed by atoms with Gasteiger partial charge >= 0.3 is 0 Å². The molecule has 22 heavy (non-hydrogen) atoms. The molecule has 0 bridgehead atoms. The smallest absolute Gasteiger partial charge is 0.228 e. The van der Waals surface area contributed by atoms with Crippen LogP contribution in [0, 0.1) is 6.92 Å². The molecule has 0 saturated carbocycles. The highest BCUT2D eigenvalue weighted by Crippen LogP contribution is 2.35. The second-order valence-electron chi connectivity index (χ2n) is 5.43. The highest BCUT2D eigenvalue weighted by Gasteiger charge is 2.19. The molecule has 1 aliphatic heterocycles. The fraction of sp³-hybridized carbons (Fsp3) is 0.600. The van der Waals surface area contributed by atoms with E-state index in [-0.39, 0.29) is 6.61 Å². The van der Waals surface area contributed by atoms with E-state index in [2.05, 4.69) is 29.4 Å². The van der Waals surface area contributed by atoms with Crippen LogP contribution < -0.4 is 15.5 Å². The maximum atomic E-state index is 9.13. The first-order valence-electron chi connectivity index (χ1n) is 7.85. The van der Waals surface area contributed by atoms with Crippen molar-refractivity contribution in [1.82, 2.24) is 15.3 Å². The molecule has 1 aliphatic rings. The Labute approximate surface area is 134 Å². The normalized spacial score (nSPS) is 15.5. The monoisotopic (exact) mass is 321 g/mol. The first-order chi connectivity index (χ1) is 10.7. The fourth-order valence-corrected chi connectivity index (χ4v) is 4.00. The lowest BCUT2D eigenvalue weighted by atomic mass is 10.1. The van der Waals surface area contributed by atoms with Crippen LogP contribution in [0.1, 0.15) is 17.4 Å². The van der Waals surface area contributed by atoms with Gasteiger partial charge in [-0.15, -0.1) is 11.3 Å². The first-order valence-corrected chi connectivity index (χ1v) is 8.66. The van der Waals surface area contributed by atoms with Gasteiger partial charge in [0.15, 0.2) is 0 Å². The van der Waals surface area contributed by atoms with Gasteiger partial charge in [-0.25, -0.2) is 4.98 Å². The van der Waals surface area contributed by atoms with Crippen LogP contribution in [0.15, 0.2) is 0 Å². The highest BCUT2D eigenvalue weighted by molar-refractivity contribution is 7.18. The third kappa shape index (κ3) is 2.88. The summed E-state index contributed by atoms with van der Waals surface area (Å²) in [5.74, 6) is 1.65. The van der Waals surface area contributed by atoms with Crippen molar-refractivity contribution in [1.29, 1.82) is 0 Å². The summed E-state index contributed by atoms with van der Waals surface area (Å²) in [7, 11) is 0. The van der Waals surface area contributed by atoms with Crippen LogP contribution in [-0.2, 0) is 6.42 Å². The van der Waals surface area contributed by atoms with Gasteiger partial charge in [0, 0.05) is 37.6 Å². The molecule has 7 heteroatoms. The van der Waals surface area contributed by atoms with Gasteiger partial charge in [-0.3, -0.25) is 0 Å². The lowest BCUT2D eigenvalue weighted by Gasteiger charge is -2.27. The zero-order chi connectivity index (χ0) is 15.5. The maximum Gasteiger partial charge on any atom is 0.228 e. The molecule has 0 aromatic carbocycles. The highest BCUT2D eigenvalue weighted by atomic mass is 32.1. The van der Waals surface area contributed by atoms with E-state index in [1.807, 2.05) is 0 Å². The van der Waals surface area contributed by atoms with E-state index in [4.69, 9.17) is 15.1 Å². The number of aromatic nitrogens is 2. The van der Waals surface area contributed by atoms with E-state index in [0.717, 1.165) is 54.6 Å². The van der Waals surface area contributed by atoms with Crippen LogP contribution >= 0.6 is 11.3 Å². The molecule has 3 N–H and O–H groups in total. The molecule has 0 aliphatic carbocycles. The number of thiophene rings is 1. The van der Waals surface area contributed by atoms with Crippen molar-refractivity contribution in [2.75, 3.05) is 49.5 Å². The summed E-state index contributed by atoms with van der Waals surface area (Å²) in [6, 6.07) is 0. The summed E-state index contributed by atoms with van der Waals surface area (Å²) in [6.45, 7) is 8.69. The van der Waals surface area contributed by atoms with Gasteiger partial charge < -0.3 is 20.6 Å². The van der Waals surface area contributed by atoms with Crippen molar-refractivity contribution in [3.8, 4) is 0 Å². The van der Waals surface area contributed by atoms with Gasteiger partial charge in [-0.2, -0.15) is 4.98 Å². The van der Waals surface area contributed by atoms with Crippen LogP contribution in [0.25, 0.3) is 10.2 Å². The number of piperazine rings is 1. The number of aliphatic hydroxyl groups is 1. The Morgan fingerprint density at radius 1 is 1.32 bits per heavy atom. The maximum absolute atomic E-state index is 9.13. The van der Waals surface area contributed by atoms with Crippen molar-refractivity contribution in [2.24, 2.45) is 0 Å². The first kappa shape index (κ1) is 15.5. The molecule has 0 radical (unpaired) electrons. The predicted octanol–water partition coefficient (Wildman–Crippen LogP) is 1.38. The second kappa shape index (κ2) is 6.76. The minimum absolute atomic E-state index is 0.0963. The molecule has 0 spiro atoms. The summed E-state index contributed by atoms with van der Waals surface area (Å²) in [5, 5.41) is 16.9. The van der Waals surface area contributed by atoms with Crippen molar-refractivity contribution >= 4 is 33.3 Å². The average molecular weight is 321 g/mol.